The van der Waals surface area contributed by atoms with Gasteiger partial charge in [-0.15, -0.1) is 11.3 Å². The Bertz CT molecular complexity index is 705. The van der Waals surface area contributed by atoms with E-state index in [4.69, 9.17) is 16.7 Å². The topological polar surface area (TPSA) is 105 Å². The fourth-order valence-electron chi connectivity index (χ4n) is 1.71. The number of anilines is 2. The van der Waals surface area contributed by atoms with Crippen molar-refractivity contribution in [3.8, 4) is 6.07 Å². The van der Waals surface area contributed by atoms with Crippen LogP contribution in [-0.4, -0.2) is 5.91 Å². The molecule has 1 heterocycles. The smallest absolute Gasteiger partial charge is 0.253 e. The molecule has 0 aliphatic heterocycles. The van der Waals surface area contributed by atoms with E-state index < -0.39 is 5.91 Å². The summed E-state index contributed by atoms with van der Waals surface area (Å²) in [6.45, 7) is 0.493. The molecular weight excluding hydrogens is 340 g/mol. The molecule has 7 heteroatoms. The first-order valence-electron chi connectivity index (χ1n) is 5.64. The molecule has 102 valence electrons. The first-order chi connectivity index (χ1) is 9.54. The van der Waals surface area contributed by atoms with Crippen molar-refractivity contribution >= 4 is 43.9 Å². The Morgan fingerprint density at radius 2 is 2.15 bits per heavy atom. The summed E-state index contributed by atoms with van der Waals surface area (Å²) in [5, 5.41) is 12.6. The van der Waals surface area contributed by atoms with E-state index >= 15 is 0 Å². The number of benzene rings is 1. The fourth-order valence-corrected chi connectivity index (χ4v) is 3.06. The number of nitrogens with zero attached hydrogens (tertiary/aromatic N) is 1. The number of thiophene rings is 1. The molecule has 1 aromatic heterocycles. The molecule has 0 spiro atoms. The lowest BCUT2D eigenvalue weighted by Crippen LogP contribution is -2.14. The van der Waals surface area contributed by atoms with Crippen LogP contribution in [0.4, 0.5) is 10.7 Å². The lowest BCUT2D eigenvalue weighted by Gasteiger charge is -2.07. The van der Waals surface area contributed by atoms with E-state index in [0.717, 1.165) is 21.4 Å². The summed E-state index contributed by atoms with van der Waals surface area (Å²) < 4.78 is 0.957. The molecule has 0 radical (unpaired) electrons. The molecular formula is C13H11BrN4OS. The van der Waals surface area contributed by atoms with Gasteiger partial charge in [0.2, 0.25) is 0 Å². The Balaban J connectivity index is 2.29. The molecule has 0 atom stereocenters. The van der Waals surface area contributed by atoms with Crippen molar-refractivity contribution in [1.82, 2.24) is 0 Å². The van der Waals surface area contributed by atoms with Crippen molar-refractivity contribution in [2.24, 2.45) is 5.73 Å². The largest absolute Gasteiger partial charge is 0.396 e. The third-order valence-corrected chi connectivity index (χ3v) is 4.53. The Morgan fingerprint density at radius 3 is 2.75 bits per heavy atom. The molecule has 2 aromatic rings. The van der Waals surface area contributed by atoms with Crippen LogP contribution < -0.4 is 16.8 Å². The van der Waals surface area contributed by atoms with Gasteiger partial charge in [0.15, 0.2) is 0 Å². The first-order valence-corrected chi connectivity index (χ1v) is 7.25. The Morgan fingerprint density at radius 1 is 1.45 bits per heavy atom. The molecule has 1 aromatic carbocycles. The molecule has 2 rings (SSSR count). The van der Waals surface area contributed by atoms with E-state index in [-0.39, 0.29) is 16.1 Å². The molecule has 5 N–H and O–H groups in total. The molecule has 0 fully saturated rings. The molecule has 0 saturated heterocycles. The van der Waals surface area contributed by atoms with E-state index in [9.17, 15) is 4.79 Å². The molecule has 0 unspecified atom stereocenters. The fraction of sp³-hybridized carbons (Fsp3) is 0.0769. The molecule has 0 aliphatic carbocycles. The number of primary amides is 1. The van der Waals surface area contributed by atoms with Crippen LogP contribution in [0.1, 0.15) is 20.8 Å². The summed E-state index contributed by atoms with van der Waals surface area (Å²) in [5.41, 5.74) is 12.4. The number of halogens is 1. The van der Waals surface area contributed by atoms with Crippen molar-refractivity contribution < 1.29 is 4.79 Å². The zero-order chi connectivity index (χ0) is 14.7. The summed E-state index contributed by atoms with van der Waals surface area (Å²) in [6, 6.07) is 9.66. The molecule has 20 heavy (non-hydrogen) atoms. The maximum absolute atomic E-state index is 11.4. The van der Waals surface area contributed by atoms with Crippen molar-refractivity contribution in [3.05, 3.63) is 44.7 Å². The van der Waals surface area contributed by atoms with Crippen LogP contribution >= 0.6 is 27.3 Å². The van der Waals surface area contributed by atoms with Gasteiger partial charge in [0.05, 0.1) is 11.3 Å². The molecule has 0 saturated carbocycles. The monoisotopic (exact) mass is 350 g/mol. The standard InChI is InChI=1S/C13H11BrN4OS/c14-8-4-2-1-3-7(8)6-18-13-10(12(17)19)11(16)9(5-15)20-13/h1-4,18H,6,16H2,(H2,17,19). The average molecular weight is 351 g/mol. The quantitative estimate of drug-likeness (QED) is 0.787. The van der Waals surface area contributed by atoms with Gasteiger partial charge in [-0.2, -0.15) is 5.26 Å². The highest BCUT2D eigenvalue weighted by Crippen LogP contribution is 2.35. The van der Waals surface area contributed by atoms with Gasteiger partial charge in [0, 0.05) is 11.0 Å². The normalized spacial score (nSPS) is 10.0. The van der Waals surface area contributed by atoms with Crippen molar-refractivity contribution in [2.75, 3.05) is 11.1 Å². The van der Waals surface area contributed by atoms with Crippen LogP contribution in [0.3, 0.4) is 0 Å². The third kappa shape index (κ3) is 2.76. The van der Waals surface area contributed by atoms with Gasteiger partial charge in [0.1, 0.15) is 15.9 Å². The highest BCUT2D eigenvalue weighted by molar-refractivity contribution is 9.10. The number of rotatable bonds is 4. The van der Waals surface area contributed by atoms with Crippen LogP contribution in [0.25, 0.3) is 0 Å². The Hall–Kier alpha value is -2.04. The van der Waals surface area contributed by atoms with E-state index in [1.54, 1.807) is 0 Å². The number of nitrogens with two attached hydrogens (primary N) is 2. The molecule has 0 bridgehead atoms. The van der Waals surface area contributed by atoms with Crippen LogP contribution in [0.2, 0.25) is 0 Å². The molecule has 0 aliphatic rings. The third-order valence-electron chi connectivity index (χ3n) is 2.69. The number of carbonyl (C=O) groups is 1. The molecule has 5 nitrogen and oxygen atoms in total. The number of amides is 1. The van der Waals surface area contributed by atoms with E-state index in [2.05, 4.69) is 21.2 Å². The van der Waals surface area contributed by atoms with Crippen molar-refractivity contribution in [3.63, 3.8) is 0 Å². The van der Waals surface area contributed by atoms with E-state index in [1.807, 2.05) is 30.3 Å². The summed E-state index contributed by atoms with van der Waals surface area (Å²) in [4.78, 5) is 11.7. The number of nitrogens with one attached hydrogen (secondary N) is 1. The highest BCUT2D eigenvalue weighted by Gasteiger charge is 2.20. The first kappa shape index (κ1) is 14.4. The summed E-state index contributed by atoms with van der Waals surface area (Å²) >= 11 is 4.57. The number of hydrogen-bond donors (Lipinski definition) is 3. The minimum absolute atomic E-state index is 0.139. The Kier molecular flexibility index (Phi) is 4.27. The van der Waals surface area contributed by atoms with Crippen LogP contribution in [0, 0.1) is 11.3 Å². The predicted molar refractivity (Wildman–Crippen MR) is 83.4 cm³/mol. The second-order valence-electron chi connectivity index (χ2n) is 3.97. The zero-order valence-electron chi connectivity index (χ0n) is 10.3. The average Bonchev–Trinajstić information content (AvgIpc) is 2.74. The second-order valence-corrected chi connectivity index (χ2v) is 5.84. The van der Waals surface area contributed by atoms with E-state index in [1.165, 1.54) is 0 Å². The van der Waals surface area contributed by atoms with Gasteiger partial charge < -0.3 is 16.8 Å². The van der Waals surface area contributed by atoms with E-state index in [0.29, 0.717) is 11.5 Å². The lowest BCUT2D eigenvalue weighted by atomic mass is 10.2. The second kappa shape index (κ2) is 5.94. The summed E-state index contributed by atoms with van der Waals surface area (Å²) in [5.74, 6) is -0.644. The zero-order valence-corrected chi connectivity index (χ0v) is 12.7. The number of nitrogen functional groups attached to an aromatic ring is 1. The van der Waals surface area contributed by atoms with Gasteiger partial charge in [-0.3, -0.25) is 4.79 Å². The van der Waals surface area contributed by atoms with Crippen molar-refractivity contribution in [2.45, 2.75) is 6.54 Å². The minimum atomic E-state index is -0.644. The van der Waals surface area contributed by atoms with Gasteiger partial charge in [-0.1, -0.05) is 34.1 Å². The predicted octanol–water partition coefficient (Wildman–Crippen LogP) is 2.68. The van der Waals surface area contributed by atoms with Crippen LogP contribution in [-0.2, 0) is 6.54 Å². The molecule has 1 amide bonds. The van der Waals surface area contributed by atoms with Crippen LogP contribution in [0.15, 0.2) is 28.7 Å². The van der Waals surface area contributed by atoms with Gasteiger partial charge in [-0.05, 0) is 11.6 Å². The minimum Gasteiger partial charge on any atom is -0.396 e. The summed E-state index contributed by atoms with van der Waals surface area (Å²) in [7, 11) is 0. The van der Waals surface area contributed by atoms with Crippen LogP contribution in [0.5, 0.6) is 0 Å². The van der Waals surface area contributed by atoms with Crippen molar-refractivity contribution in [1.29, 1.82) is 5.26 Å². The SMILES string of the molecule is N#Cc1sc(NCc2ccccc2Br)c(C(N)=O)c1N. The van der Waals surface area contributed by atoms with Gasteiger partial charge >= 0.3 is 0 Å². The lowest BCUT2D eigenvalue weighted by molar-refractivity contribution is 0.100. The Labute approximate surface area is 128 Å². The summed E-state index contributed by atoms with van der Waals surface area (Å²) in [6.07, 6.45) is 0. The maximum atomic E-state index is 11.4. The van der Waals surface area contributed by atoms with Gasteiger partial charge in [0.25, 0.3) is 5.91 Å². The number of nitriles is 1. The number of carbonyl (C=O) groups excluding carboxylic acids is 1. The maximum Gasteiger partial charge on any atom is 0.253 e. The number of hydrogen-bond acceptors (Lipinski definition) is 5. The highest BCUT2D eigenvalue weighted by atomic mass is 79.9. The van der Waals surface area contributed by atoms with Gasteiger partial charge in [-0.25, -0.2) is 0 Å².